The second-order valence-electron chi connectivity index (χ2n) is 5.02. The van der Waals surface area contributed by atoms with Gasteiger partial charge in [-0.25, -0.2) is 4.99 Å². The number of fused-ring (bicyclic) bond motifs is 4. The van der Waals surface area contributed by atoms with Crippen molar-refractivity contribution in [2.45, 2.75) is 5.54 Å². The van der Waals surface area contributed by atoms with Crippen LogP contribution in [0.1, 0.15) is 11.1 Å². The Bertz CT molecular complexity index is 737. The number of nitrogens with zero attached hydrogens (tertiary/aromatic N) is 1. The Balaban J connectivity index is 2.05. The van der Waals surface area contributed by atoms with Crippen LogP contribution in [-0.4, -0.2) is 17.7 Å². The van der Waals surface area contributed by atoms with Crippen LogP contribution in [0, 0.1) is 0 Å². The van der Waals surface area contributed by atoms with E-state index < -0.39 is 5.54 Å². The maximum Gasteiger partial charge on any atom is 0.283 e. The molecule has 106 valence electrons. The van der Waals surface area contributed by atoms with Crippen molar-refractivity contribution in [2.24, 2.45) is 10.7 Å². The highest BCUT2D eigenvalue weighted by Gasteiger charge is 2.47. The number of phenolic OH excluding ortho intramolecular Hbond substituents is 1. The second-order valence-corrected chi connectivity index (χ2v) is 5.94. The summed E-state index contributed by atoms with van der Waals surface area (Å²) in [4.78, 5) is 4.50. The van der Waals surface area contributed by atoms with E-state index in [9.17, 15) is 5.11 Å². The SMILES string of the molecule is NC1=N[C@]2(CO1)c1cc(O)ccc1Oc1ccc(Br)cc12. The van der Waals surface area contributed by atoms with E-state index in [2.05, 4.69) is 20.9 Å². The fourth-order valence-electron chi connectivity index (χ4n) is 2.82. The molecule has 2 aromatic rings. The van der Waals surface area contributed by atoms with E-state index in [0.29, 0.717) is 11.5 Å². The summed E-state index contributed by atoms with van der Waals surface area (Å²) >= 11 is 3.46. The van der Waals surface area contributed by atoms with Crippen molar-refractivity contribution in [3.05, 3.63) is 52.0 Å². The number of ether oxygens (including phenoxy) is 2. The number of rotatable bonds is 0. The van der Waals surface area contributed by atoms with Crippen LogP contribution < -0.4 is 10.5 Å². The molecule has 0 unspecified atom stereocenters. The lowest BCUT2D eigenvalue weighted by atomic mass is 9.81. The zero-order valence-electron chi connectivity index (χ0n) is 10.8. The van der Waals surface area contributed by atoms with Crippen LogP contribution in [0.2, 0.25) is 0 Å². The number of hydrogen-bond donors (Lipinski definition) is 2. The molecule has 2 aromatic carbocycles. The van der Waals surface area contributed by atoms with E-state index in [1.165, 1.54) is 0 Å². The molecule has 2 aliphatic heterocycles. The lowest BCUT2D eigenvalue weighted by molar-refractivity contribution is 0.264. The molecule has 0 aliphatic carbocycles. The molecule has 2 aliphatic rings. The van der Waals surface area contributed by atoms with Gasteiger partial charge in [0.25, 0.3) is 6.02 Å². The van der Waals surface area contributed by atoms with Gasteiger partial charge in [-0.15, -0.1) is 0 Å². The minimum absolute atomic E-state index is 0.136. The molecule has 0 saturated heterocycles. The quantitative estimate of drug-likeness (QED) is 0.768. The van der Waals surface area contributed by atoms with Crippen LogP contribution in [-0.2, 0) is 10.3 Å². The van der Waals surface area contributed by atoms with Gasteiger partial charge in [0.1, 0.15) is 23.9 Å². The van der Waals surface area contributed by atoms with Crippen LogP contribution in [0.3, 0.4) is 0 Å². The van der Waals surface area contributed by atoms with Crippen LogP contribution in [0.5, 0.6) is 17.2 Å². The molecule has 21 heavy (non-hydrogen) atoms. The average Bonchev–Trinajstić information content (AvgIpc) is 2.84. The molecule has 0 aromatic heterocycles. The summed E-state index contributed by atoms with van der Waals surface area (Å²) in [5, 5.41) is 9.82. The molecule has 0 amide bonds. The molecular weight excluding hydrogens is 336 g/mol. The highest BCUT2D eigenvalue weighted by molar-refractivity contribution is 9.10. The van der Waals surface area contributed by atoms with Crippen molar-refractivity contribution in [3.63, 3.8) is 0 Å². The minimum atomic E-state index is -0.782. The number of hydrogen-bond acceptors (Lipinski definition) is 5. The summed E-state index contributed by atoms with van der Waals surface area (Å²) in [5.74, 6) is 1.50. The van der Waals surface area contributed by atoms with Gasteiger partial charge >= 0.3 is 0 Å². The Labute approximate surface area is 129 Å². The average molecular weight is 347 g/mol. The summed E-state index contributed by atoms with van der Waals surface area (Å²) < 4.78 is 12.2. The van der Waals surface area contributed by atoms with Gasteiger partial charge in [-0.3, -0.25) is 0 Å². The summed E-state index contributed by atoms with van der Waals surface area (Å²) in [6.07, 6.45) is 0. The van der Waals surface area contributed by atoms with Crippen LogP contribution in [0.25, 0.3) is 0 Å². The summed E-state index contributed by atoms with van der Waals surface area (Å²) in [5.41, 5.74) is 6.56. The zero-order chi connectivity index (χ0) is 14.6. The lowest BCUT2D eigenvalue weighted by Crippen LogP contribution is -2.31. The molecule has 1 spiro atoms. The smallest absolute Gasteiger partial charge is 0.283 e. The van der Waals surface area contributed by atoms with Crippen molar-refractivity contribution < 1.29 is 14.6 Å². The van der Waals surface area contributed by atoms with Crippen LogP contribution in [0.4, 0.5) is 0 Å². The van der Waals surface area contributed by atoms with Gasteiger partial charge in [-0.1, -0.05) is 15.9 Å². The Morgan fingerprint density at radius 3 is 2.57 bits per heavy atom. The summed E-state index contributed by atoms with van der Waals surface area (Å²) in [6, 6.07) is 10.8. The van der Waals surface area contributed by atoms with Crippen molar-refractivity contribution in [3.8, 4) is 17.2 Å². The standard InChI is InChI=1S/C15H11BrN2O3/c16-8-1-3-12-10(5-8)15(7-20-14(17)18-15)11-6-9(19)2-4-13(11)21-12/h1-6,19H,7H2,(H2,17,18)/t15-/m0/s1. The topological polar surface area (TPSA) is 77.1 Å². The Hall–Kier alpha value is -2.21. The molecule has 0 bridgehead atoms. The van der Waals surface area contributed by atoms with Gasteiger partial charge in [0, 0.05) is 15.6 Å². The first-order valence-corrected chi connectivity index (χ1v) is 7.17. The summed E-state index contributed by atoms with van der Waals surface area (Å²) in [6.45, 7) is 0.280. The van der Waals surface area contributed by atoms with E-state index in [1.54, 1.807) is 18.2 Å². The molecule has 0 saturated carbocycles. The molecule has 3 N–H and O–H groups in total. The van der Waals surface area contributed by atoms with Crippen molar-refractivity contribution >= 4 is 22.0 Å². The van der Waals surface area contributed by atoms with E-state index in [-0.39, 0.29) is 18.4 Å². The first-order valence-electron chi connectivity index (χ1n) is 6.38. The van der Waals surface area contributed by atoms with Gasteiger partial charge in [0.15, 0.2) is 5.54 Å². The fourth-order valence-corrected chi connectivity index (χ4v) is 3.18. The Morgan fingerprint density at radius 2 is 1.86 bits per heavy atom. The molecular formula is C15H11BrN2O3. The van der Waals surface area contributed by atoms with Gasteiger partial charge in [-0.05, 0) is 36.4 Å². The predicted octanol–water partition coefficient (Wildman–Crippen LogP) is 2.85. The number of benzene rings is 2. The van der Waals surface area contributed by atoms with Gasteiger partial charge in [-0.2, -0.15) is 0 Å². The number of aliphatic imine (C=N–C) groups is 1. The van der Waals surface area contributed by atoms with E-state index in [4.69, 9.17) is 15.2 Å². The molecule has 5 nitrogen and oxygen atoms in total. The maximum atomic E-state index is 9.82. The fraction of sp³-hybridized carbons (Fsp3) is 0.133. The number of nitrogens with two attached hydrogens (primary N) is 1. The first kappa shape index (κ1) is 12.5. The van der Waals surface area contributed by atoms with Crippen molar-refractivity contribution in [1.29, 1.82) is 0 Å². The molecule has 6 heteroatoms. The molecule has 1 atom stereocenters. The minimum Gasteiger partial charge on any atom is -0.508 e. The second kappa shape index (κ2) is 4.14. The maximum absolute atomic E-state index is 9.82. The number of halogens is 1. The van der Waals surface area contributed by atoms with E-state index in [1.807, 2.05) is 18.2 Å². The van der Waals surface area contributed by atoms with E-state index >= 15 is 0 Å². The third-order valence-corrected chi connectivity index (χ3v) is 4.24. The molecule has 4 rings (SSSR count). The van der Waals surface area contributed by atoms with Crippen LogP contribution >= 0.6 is 15.9 Å². The molecule has 0 radical (unpaired) electrons. The Kier molecular flexibility index (Phi) is 2.47. The first-order chi connectivity index (χ1) is 10.1. The van der Waals surface area contributed by atoms with Crippen molar-refractivity contribution in [2.75, 3.05) is 6.61 Å². The number of aromatic hydroxyl groups is 1. The highest BCUT2D eigenvalue weighted by atomic mass is 79.9. The largest absolute Gasteiger partial charge is 0.508 e. The van der Waals surface area contributed by atoms with Gasteiger partial charge in [0.2, 0.25) is 0 Å². The third kappa shape index (κ3) is 1.72. The lowest BCUT2D eigenvalue weighted by Gasteiger charge is -2.33. The zero-order valence-corrected chi connectivity index (χ0v) is 12.4. The third-order valence-electron chi connectivity index (χ3n) is 3.75. The molecule has 0 fully saturated rings. The Morgan fingerprint density at radius 1 is 1.14 bits per heavy atom. The number of phenols is 1. The summed E-state index contributed by atoms with van der Waals surface area (Å²) in [7, 11) is 0. The van der Waals surface area contributed by atoms with Gasteiger partial charge < -0.3 is 20.3 Å². The van der Waals surface area contributed by atoms with Crippen molar-refractivity contribution in [1.82, 2.24) is 0 Å². The highest BCUT2D eigenvalue weighted by Crippen LogP contribution is 2.51. The predicted molar refractivity (Wildman–Crippen MR) is 80.7 cm³/mol. The van der Waals surface area contributed by atoms with Crippen LogP contribution in [0.15, 0.2) is 45.9 Å². The van der Waals surface area contributed by atoms with Gasteiger partial charge in [0.05, 0.1) is 0 Å². The normalized spacial score (nSPS) is 22.0. The van der Waals surface area contributed by atoms with E-state index in [0.717, 1.165) is 15.6 Å². The number of amidine groups is 1. The monoisotopic (exact) mass is 346 g/mol. The molecule has 2 heterocycles.